The molecule has 0 spiro atoms. The first kappa shape index (κ1) is 23.8. The van der Waals surface area contributed by atoms with Crippen molar-refractivity contribution in [3.05, 3.63) is 59.7 Å². The summed E-state index contributed by atoms with van der Waals surface area (Å²) in [5.41, 5.74) is 3.98. The SMILES string of the molecule is CCC[C@@H](NC(=O)OCC1c2ccccc2-c2ccccc21)C(=O)N1CCC(C)(C)C1C(=O)O. The molecule has 4 rings (SSSR count). The number of hydrogen-bond acceptors (Lipinski definition) is 4. The van der Waals surface area contributed by atoms with E-state index in [1.54, 1.807) is 0 Å². The second-order valence-corrected chi connectivity index (χ2v) is 9.82. The van der Waals surface area contributed by atoms with Gasteiger partial charge in [0.05, 0.1) is 0 Å². The topological polar surface area (TPSA) is 95.9 Å². The zero-order valence-corrected chi connectivity index (χ0v) is 19.9. The van der Waals surface area contributed by atoms with Crippen LogP contribution in [0.4, 0.5) is 4.79 Å². The fourth-order valence-corrected chi connectivity index (χ4v) is 5.33. The molecule has 1 unspecified atom stereocenters. The molecule has 180 valence electrons. The number of carboxylic acid groups (broad SMARTS) is 1. The highest BCUT2D eigenvalue weighted by atomic mass is 16.5. The Labute approximate surface area is 200 Å². The third-order valence-electron chi connectivity index (χ3n) is 7.08. The van der Waals surface area contributed by atoms with Gasteiger partial charge < -0.3 is 20.1 Å². The van der Waals surface area contributed by atoms with Crippen LogP contribution >= 0.6 is 0 Å². The van der Waals surface area contributed by atoms with E-state index in [-0.39, 0.29) is 18.4 Å². The number of rotatable bonds is 7. The van der Waals surface area contributed by atoms with Gasteiger partial charge in [-0.15, -0.1) is 0 Å². The van der Waals surface area contributed by atoms with E-state index >= 15 is 0 Å². The molecule has 34 heavy (non-hydrogen) atoms. The summed E-state index contributed by atoms with van der Waals surface area (Å²) in [7, 11) is 0. The van der Waals surface area contributed by atoms with Crippen molar-refractivity contribution in [3.8, 4) is 11.1 Å². The third-order valence-corrected chi connectivity index (χ3v) is 7.08. The van der Waals surface area contributed by atoms with Crippen LogP contribution in [0.5, 0.6) is 0 Å². The van der Waals surface area contributed by atoms with Crippen LogP contribution in [-0.4, -0.2) is 53.2 Å². The minimum absolute atomic E-state index is 0.0748. The number of carboxylic acids is 1. The van der Waals surface area contributed by atoms with Crippen molar-refractivity contribution in [2.45, 2.75) is 58.0 Å². The van der Waals surface area contributed by atoms with Gasteiger partial charge in [-0.2, -0.15) is 0 Å². The van der Waals surface area contributed by atoms with E-state index in [9.17, 15) is 19.5 Å². The number of nitrogens with one attached hydrogen (secondary N) is 1. The molecule has 2 amide bonds. The van der Waals surface area contributed by atoms with Gasteiger partial charge in [-0.25, -0.2) is 9.59 Å². The monoisotopic (exact) mass is 464 g/mol. The number of carbonyl (C=O) groups is 3. The minimum Gasteiger partial charge on any atom is -0.480 e. The standard InChI is InChI=1S/C27H32N2O5/c1-4-9-22(24(30)29-15-14-27(2,3)23(29)25(31)32)28-26(33)34-16-21-19-12-7-5-10-17(19)18-11-6-8-13-20(18)21/h5-8,10-13,21-23H,4,9,14-16H2,1-3H3,(H,28,33)(H,31,32)/t22-,23?/m1/s1. The lowest BCUT2D eigenvalue weighted by Crippen LogP contribution is -2.54. The molecule has 2 aliphatic rings. The number of aliphatic carboxylic acids is 1. The van der Waals surface area contributed by atoms with E-state index in [1.165, 1.54) is 4.90 Å². The van der Waals surface area contributed by atoms with Crippen molar-refractivity contribution in [1.82, 2.24) is 10.2 Å². The number of alkyl carbamates (subject to hydrolysis) is 1. The average molecular weight is 465 g/mol. The van der Waals surface area contributed by atoms with Crippen LogP contribution < -0.4 is 5.32 Å². The highest BCUT2D eigenvalue weighted by Gasteiger charge is 2.48. The van der Waals surface area contributed by atoms with Gasteiger partial charge in [0, 0.05) is 12.5 Å². The summed E-state index contributed by atoms with van der Waals surface area (Å²) >= 11 is 0. The number of ether oxygens (including phenoxy) is 1. The molecule has 1 aliphatic carbocycles. The zero-order chi connectivity index (χ0) is 24.5. The fraction of sp³-hybridized carbons (Fsp3) is 0.444. The molecule has 0 saturated carbocycles. The first-order valence-corrected chi connectivity index (χ1v) is 11.9. The summed E-state index contributed by atoms with van der Waals surface area (Å²) in [5.74, 6) is -1.46. The largest absolute Gasteiger partial charge is 0.480 e. The van der Waals surface area contributed by atoms with Gasteiger partial charge in [-0.1, -0.05) is 75.7 Å². The van der Waals surface area contributed by atoms with Crippen LogP contribution in [0.2, 0.25) is 0 Å². The molecule has 2 N–H and O–H groups in total. The number of fused-ring (bicyclic) bond motifs is 3. The van der Waals surface area contributed by atoms with Crippen molar-refractivity contribution in [1.29, 1.82) is 0 Å². The molecule has 0 radical (unpaired) electrons. The Morgan fingerprint density at radius 2 is 1.68 bits per heavy atom. The predicted molar refractivity (Wildman–Crippen MR) is 128 cm³/mol. The number of benzene rings is 2. The summed E-state index contributed by atoms with van der Waals surface area (Å²) in [4.78, 5) is 39.3. The Balaban J connectivity index is 1.44. The van der Waals surface area contributed by atoms with E-state index in [0.29, 0.717) is 25.8 Å². The van der Waals surface area contributed by atoms with Gasteiger partial charge in [0.25, 0.3) is 0 Å². The van der Waals surface area contributed by atoms with E-state index in [2.05, 4.69) is 17.4 Å². The van der Waals surface area contributed by atoms with Crippen molar-refractivity contribution in [2.75, 3.05) is 13.2 Å². The Morgan fingerprint density at radius 1 is 1.09 bits per heavy atom. The number of hydrogen-bond donors (Lipinski definition) is 2. The molecular weight excluding hydrogens is 432 g/mol. The molecule has 0 aromatic heterocycles. The normalized spacial score (nSPS) is 19.3. The summed E-state index contributed by atoms with van der Waals surface area (Å²) in [6, 6.07) is 14.4. The molecule has 1 aliphatic heterocycles. The van der Waals surface area contributed by atoms with Crippen molar-refractivity contribution in [3.63, 3.8) is 0 Å². The van der Waals surface area contributed by atoms with E-state index in [1.807, 2.05) is 57.2 Å². The number of carbonyl (C=O) groups excluding carboxylic acids is 2. The lowest BCUT2D eigenvalue weighted by Gasteiger charge is -2.31. The second-order valence-electron chi connectivity index (χ2n) is 9.82. The molecule has 1 fully saturated rings. The van der Waals surface area contributed by atoms with Crippen LogP contribution in [0.15, 0.2) is 48.5 Å². The number of amides is 2. The maximum Gasteiger partial charge on any atom is 0.407 e. The first-order valence-electron chi connectivity index (χ1n) is 11.9. The molecule has 7 nitrogen and oxygen atoms in total. The Hall–Kier alpha value is -3.35. The smallest absolute Gasteiger partial charge is 0.407 e. The van der Waals surface area contributed by atoms with Crippen LogP contribution in [0.1, 0.15) is 57.1 Å². The molecule has 0 bridgehead atoms. The van der Waals surface area contributed by atoms with E-state index in [4.69, 9.17) is 4.74 Å². The second kappa shape index (κ2) is 9.49. The maximum absolute atomic E-state index is 13.3. The summed E-state index contributed by atoms with van der Waals surface area (Å²) in [5, 5.41) is 12.4. The summed E-state index contributed by atoms with van der Waals surface area (Å²) < 4.78 is 5.61. The molecule has 1 heterocycles. The molecule has 2 aromatic rings. The van der Waals surface area contributed by atoms with Gasteiger partial charge in [0.2, 0.25) is 5.91 Å². The highest BCUT2D eigenvalue weighted by molar-refractivity contribution is 5.90. The first-order chi connectivity index (χ1) is 16.2. The van der Waals surface area contributed by atoms with Crippen molar-refractivity contribution in [2.24, 2.45) is 5.41 Å². The van der Waals surface area contributed by atoms with Crippen LogP contribution in [0.25, 0.3) is 11.1 Å². The zero-order valence-electron chi connectivity index (χ0n) is 19.9. The van der Waals surface area contributed by atoms with E-state index < -0.39 is 29.6 Å². The van der Waals surface area contributed by atoms with Gasteiger partial charge >= 0.3 is 12.1 Å². The van der Waals surface area contributed by atoms with Crippen LogP contribution in [0, 0.1) is 5.41 Å². The number of likely N-dealkylation sites (tertiary alicyclic amines) is 1. The van der Waals surface area contributed by atoms with Crippen molar-refractivity contribution < 1.29 is 24.2 Å². The Bertz CT molecular complexity index is 1050. The van der Waals surface area contributed by atoms with E-state index in [0.717, 1.165) is 22.3 Å². The summed E-state index contributed by atoms with van der Waals surface area (Å²) in [6.45, 7) is 6.14. The van der Waals surface area contributed by atoms with Crippen molar-refractivity contribution >= 4 is 18.0 Å². The molecular formula is C27H32N2O5. The summed E-state index contributed by atoms with van der Waals surface area (Å²) in [6.07, 6.45) is 1.000. The molecule has 2 aromatic carbocycles. The molecule has 2 atom stereocenters. The quantitative estimate of drug-likeness (QED) is 0.633. The molecule has 1 saturated heterocycles. The fourth-order valence-electron chi connectivity index (χ4n) is 5.33. The predicted octanol–water partition coefficient (Wildman–Crippen LogP) is 4.41. The van der Waals surface area contributed by atoms with Gasteiger partial charge in [0.1, 0.15) is 18.7 Å². The van der Waals surface area contributed by atoms with Crippen LogP contribution in [0.3, 0.4) is 0 Å². The van der Waals surface area contributed by atoms with Crippen LogP contribution in [-0.2, 0) is 14.3 Å². The Morgan fingerprint density at radius 3 is 2.24 bits per heavy atom. The Kier molecular flexibility index (Phi) is 6.64. The highest BCUT2D eigenvalue weighted by Crippen LogP contribution is 2.44. The maximum atomic E-state index is 13.3. The lowest BCUT2D eigenvalue weighted by atomic mass is 9.84. The lowest BCUT2D eigenvalue weighted by molar-refractivity contribution is -0.152. The molecule has 7 heteroatoms. The number of nitrogens with zero attached hydrogens (tertiary/aromatic N) is 1. The van der Waals surface area contributed by atoms with Gasteiger partial charge in [0.15, 0.2) is 0 Å². The minimum atomic E-state index is -1.02. The van der Waals surface area contributed by atoms with Gasteiger partial charge in [-0.05, 0) is 40.5 Å². The average Bonchev–Trinajstić information content (AvgIpc) is 3.31. The van der Waals surface area contributed by atoms with Gasteiger partial charge in [-0.3, -0.25) is 4.79 Å². The third kappa shape index (κ3) is 4.39.